The molecule has 0 saturated carbocycles. The van der Waals surface area contributed by atoms with Crippen molar-refractivity contribution in [2.45, 2.75) is 19.1 Å². The van der Waals surface area contributed by atoms with Gasteiger partial charge >= 0.3 is 11.9 Å². The van der Waals surface area contributed by atoms with Crippen molar-refractivity contribution in [3.8, 4) is 11.1 Å². The molecule has 0 saturated heterocycles. The van der Waals surface area contributed by atoms with Gasteiger partial charge in [-0.2, -0.15) is 0 Å². The summed E-state index contributed by atoms with van der Waals surface area (Å²) >= 11 is 0. The van der Waals surface area contributed by atoms with Crippen LogP contribution < -0.4 is 0 Å². The van der Waals surface area contributed by atoms with E-state index in [0.717, 1.165) is 29.1 Å². The molecule has 2 aromatic carbocycles. The lowest BCUT2D eigenvalue weighted by Crippen LogP contribution is -2.35. The van der Waals surface area contributed by atoms with Crippen molar-refractivity contribution in [3.05, 3.63) is 83.9 Å². The fourth-order valence-corrected chi connectivity index (χ4v) is 3.02. The Morgan fingerprint density at radius 2 is 1.44 bits per heavy atom. The first-order valence-electron chi connectivity index (χ1n) is 9.75. The van der Waals surface area contributed by atoms with Crippen LogP contribution in [0.1, 0.15) is 33.0 Å². The molecule has 1 aromatic heterocycles. The number of rotatable bonds is 9. The Labute approximate surface area is 183 Å². The predicted octanol–water partition coefficient (Wildman–Crippen LogP) is 2.32. The van der Waals surface area contributed by atoms with Crippen LogP contribution in [0.3, 0.4) is 0 Å². The van der Waals surface area contributed by atoms with E-state index in [2.05, 4.69) is 9.97 Å². The van der Waals surface area contributed by atoms with Crippen molar-refractivity contribution >= 4 is 17.8 Å². The third-order valence-corrected chi connectivity index (χ3v) is 4.77. The average Bonchev–Trinajstić information content (AvgIpc) is 2.82. The maximum absolute atomic E-state index is 12.9. The number of aliphatic carboxylic acids is 1. The van der Waals surface area contributed by atoms with Gasteiger partial charge in [0.1, 0.15) is 5.69 Å². The molecule has 0 unspecified atom stereocenters. The van der Waals surface area contributed by atoms with Crippen LogP contribution in [0.15, 0.2) is 67.0 Å². The van der Waals surface area contributed by atoms with Crippen LogP contribution >= 0.6 is 0 Å². The van der Waals surface area contributed by atoms with Crippen molar-refractivity contribution < 1.29 is 29.7 Å². The van der Waals surface area contributed by atoms with E-state index in [1.807, 2.05) is 54.6 Å². The number of carbonyl (C=O) groups is 3. The van der Waals surface area contributed by atoms with Gasteiger partial charge in [-0.05, 0) is 16.7 Å². The quantitative estimate of drug-likeness (QED) is 0.465. The van der Waals surface area contributed by atoms with Crippen LogP contribution in [0.25, 0.3) is 11.1 Å². The minimum atomic E-state index is -1.62. The fourth-order valence-electron chi connectivity index (χ4n) is 3.02. The number of amides is 1. The summed E-state index contributed by atoms with van der Waals surface area (Å²) in [4.78, 5) is 43.8. The SMILES string of the molecule is O=C(O)c1cnc(C(=O)N(CC[C@@H](O)C(=O)O)Cc2ccc(-c3ccccc3)cc2)cn1. The fraction of sp³-hybridized carbons (Fsp3) is 0.174. The average molecular weight is 435 g/mol. The first-order chi connectivity index (χ1) is 15.3. The summed E-state index contributed by atoms with van der Waals surface area (Å²) in [6.07, 6.45) is 0.245. The molecule has 32 heavy (non-hydrogen) atoms. The number of aliphatic hydroxyl groups excluding tert-OH is 1. The Hall–Kier alpha value is -4.11. The smallest absolute Gasteiger partial charge is 0.356 e. The molecule has 0 fully saturated rings. The molecular weight excluding hydrogens is 414 g/mol. The van der Waals surface area contributed by atoms with E-state index in [1.54, 1.807) is 0 Å². The Kier molecular flexibility index (Phi) is 7.25. The highest BCUT2D eigenvalue weighted by molar-refractivity contribution is 5.92. The molecule has 9 nitrogen and oxygen atoms in total. The molecule has 9 heteroatoms. The summed E-state index contributed by atoms with van der Waals surface area (Å²) in [5.74, 6) is -3.20. The van der Waals surface area contributed by atoms with E-state index in [4.69, 9.17) is 10.2 Å². The van der Waals surface area contributed by atoms with Gasteiger partial charge in [0.2, 0.25) is 0 Å². The number of hydrogen-bond donors (Lipinski definition) is 3. The molecule has 0 aliphatic heterocycles. The monoisotopic (exact) mass is 435 g/mol. The Morgan fingerprint density at radius 1 is 0.844 bits per heavy atom. The zero-order valence-corrected chi connectivity index (χ0v) is 17.0. The number of hydrogen-bond acceptors (Lipinski definition) is 6. The topological polar surface area (TPSA) is 141 Å². The highest BCUT2D eigenvalue weighted by Gasteiger charge is 2.22. The normalized spacial score (nSPS) is 11.5. The van der Waals surface area contributed by atoms with Crippen molar-refractivity contribution in [3.63, 3.8) is 0 Å². The lowest BCUT2D eigenvalue weighted by atomic mass is 10.0. The van der Waals surface area contributed by atoms with Gasteiger partial charge in [0.25, 0.3) is 5.91 Å². The Bertz CT molecular complexity index is 1080. The number of nitrogens with zero attached hydrogens (tertiary/aromatic N) is 3. The summed E-state index contributed by atoms with van der Waals surface area (Å²) in [6, 6.07) is 17.3. The summed E-state index contributed by atoms with van der Waals surface area (Å²) < 4.78 is 0. The van der Waals surface area contributed by atoms with E-state index >= 15 is 0 Å². The number of benzene rings is 2. The van der Waals surface area contributed by atoms with Crippen LogP contribution in [0.5, 0.6) is 0 Å². The molecule has 3 N–H and O–H groups in total. The molecule has 0 radical (unpaired) electrons. The van der Waals surface area contributed by atoms with Crippen molar-refractivity contribution in [1.29, 1.82) is 0 Å². The molecule has 0 aliphatic rings. The largest absolute Gasteiger partial charge is 0.479 e. The van der Waals surface area contributed by atoms with Crippen LogP contribution in [-0.2, 0) is 11.3 Å². The number of carboxylic acids is 2. The maximum atomic E-state index is 12.9. The van der Waals surface area contributed by atoms with Crippen LogP contribution in [0, 0.1) is 0 Å². The van der Waals surface area contributed by atoms with Gasteiger partial charge in [0.15, 0.2) is 11.8 Å². The molecule has 3 aromatic rings. The van der Waals surface area contributed by atoms with E-state index < -0.39 is 23.9 Å². The van der Waals surface area contributed by atoms with E-state index in [9.17, 15) is 19.5 Å². The van der Waals surface area contributed by atoms with Gasteiger partial charge in [-0.25, -0.2) is 19.6 Å². The summed E-state index contributed by atoms with van der Waals surface area (Å²) in [6.45, 7) is 0.0949. The lowest BCUT2D eigenvalue weighted by molar-refractivity contribution is -0.147. The number of carbonyl (C=O) groups excluding carboxylic acids is 1. The lowest BCUT2D eigenvalue weighted by Gasteiger charge is -2.23. The second kappa shape index (κ2) is 10.3. The zero-order chi connectivity index (χ0) is 23.1. The highest BCUT2D eigenvalue weighted by atomic mass is 16.4. The zero-order valence-electron chi connectivity index (χ0n) is 17.0. The van der Waals surface area contributed by atoms with Gasteiger partial charge in [-0.1, -0.05) is 54.6 Å². The van der Waals surface area contributed by atoms with Crippen LogP contribution in [-0.4, -0.2) is 60.7 Å². The molecule has 0 spiro atoms. The molecule has 164 valence electrons. The van der Waals surface area contributed by atoms with Gasteiger partial charge in [0.05, 0.1) is 12.4 Å². The Morgan fingerprint density at radius 3 is 2.00 bits per heavy atom. The molecule has 1 heterocycles. The number of aromatic carboxylic acids is 1. The molecule has 1 atom stereocenters. The number of aromatic nitrogens is 2. The minimum Gasteiger partial charge on any atom is -0.479 e. The Balaban J connectivity index is 1.79. The number of carboxylic acid groups (broad SMARTS) is 2. The van der Waals surface area contributed by atoms with Crippen molar-refractivity contribution in [1.82, 2.24) is 14.9 Å². The van der Waals surface area contributed by atoms with Crippen LogP contribution in [0.2, 0.25) is 0 Å². The van der Waals surface area contributed by atoms with E-state index in [0.29, 0.717) is 0 Å². The van der Waals surface area contributed by atoms with E-state index in [-0.39, 0.29) is 30.9 Å². The third-order valence-electron chi connectivity index (χ3n) is 4.77. The molecule has 0 aliphatic carbocycles. The van der Waals surface area contributed by atoms with Crippen molar-refractivity contribution in [2.75, 3.05) is 6.54 Å². The third kappa shape index (κ3) is 5.73. The summed E-state index contributed by atoms with van der Waals surface area (Å²) in [5.41, 5.74) is 2.46. The molecule has 1 amide bonds. The van der Waals surface area contributed by atoms with Gasteiger partial charge < -0.3 is 20.2 Å². The van der Waals surface area contributed by atoms with E-state index in [1.165, 1.54) is 4.90 Å². The molecular formula is C23H21N3O6. The van der Waals surface area contributed by atoms with Crippen molar-refractivity contribution in [2.24, 2.45) is 0 Å². The first-order valence-corrected chi connectivity index (χ1v) is 9.75. The summed E-state index contributed by atoms with van der Waals surface area (Å²) in [5, 5.41) is 27.5. The minimum absolute atomic E-state index is 0.0465. The van der Waals surface area contributed by atoms with Gasteiger partial charge in [-0.3, -0.25) is 4.79 Å². The van der Waals surface area contributed by atoms with Crippen LogP contribution in [0.4, 0.5) is 0 Å². The summed E-state index contributed by atoms with van der Waals surface area (Å²) in [7, 11) is 0. The second-order valence-corrected chi connectivity index (χ2v) is 7.02. The highest BCUT2D eigenvalue weighted by Crippen LogP contribution is 2.20. The molecule has 3 rings (SSSR count). The van der Waals surface area contributed by atoms with Gasteiger partial charge in [-0.15, -0.1) is 0 Å². The van der Waals surface area contributed by atoms with Gasteiger partial charge in [0, 0.05) is 19.5 Å². The standard InChI is InChI=1S/C23H21N3O6/c27-20(23(31)32)10-11-26(21(28)18-12-25-19(13-24-18)22(29)30)14-15-6-8-17(9-7-15)16-4-2-1-3-5-16/h1-9,12-13,20,27H,10-11,14H2,(H,29,30)(H,31,32)/t20-/m1/s1. The molecule has 0 bridgehead atoms. The first kappa shape index (κ1) is 22.6. The number of aliphatic hydroxyl groups is 1. The maximum Gasteiger partial charge on any atom is 0.356 e. The second-order valence-electron chi connectivity index (χ2n) is 7.02. The predicted molar refractivity (Wildman–Crippen MR) is 114 cm³/mol.